The van der Waals surface area contributed by atoms with Gasteiger partial charge in [-0.05, 0) is 32.9 Å². The largest absolute Gasteiger partial charge is 0.395 e. The maximum atomic E-state index is 5.81. The first-order chi connectivity index (χ1) is 7.04. The van der Waals surface area contributed by atoms with E-state index in [2.05, 4.69) is 13.5 Å². The number of hydrogen-bond donors (Lipinski definition) is 0. The van der Waals surface area contributed by atoms with Crippen LogP contribution in [0.25, 0.3) is 0 Å². The van der Waals surface area contributed by atoms with Crippen LogP contribution in [0.1, 0.15) is 27.2 Å². The van der Waals surface area contributed by atoms with Crippen molar-refractivity contribution in [3.8, 4) is 0 Å². The molecule has 3 nitrogen and oxygen atoms in total. The monoisotopic (exact) mass is 232 g/mol. The molecule has 1 rings (SSSR count). The highest BCUT2D eigenvalue weighted by Gasteiger charge is 2.38. The lowest BCUT2D eigenvalue weighted by molar-refractivity contribution is -0.104. The zero-order chi connectivity index (χ0) is 11.4. The molecule has 1 aliphatic rings. The van der Waals surface area contributed by atoms with Crippen molar-refractivity contribution in [3.63, 3.8) is 0 Å². The van der Waals surface area contributed by atoms with Gasteiger partial charge in [0.1, 0.15) is 0 Å². The van der Waals surface area contributed by atoms with Crippen LogP contribution in [-0.4, -0.2) is 35.0 Å². The zero-order valence-electron chi connectivity index (χ0n) is 10.5. The maximum absolute atomic E-state index is 5.81. The fourth-order valence-corrected chi connectivity index (χ4v) is 4.57. The minimum Gasteiger partial charge on any atom is -0.395 e. The van der Waals surface area contributed by atoms with Gasteiger partial charge < -0.3 is 13.6 Å². The van der Waals surface area contributed by atoms with Gasteiger partial charge in [0.05, 0.1) is 13.2 Å². The van der Waals surface area contributed by atoms with Crippen molar-refractivity contribution < 1.29 is 13.6 Å². The molecule has 90 valence electrons. The van der Waals surface area contributed by atoms with Crippen LogP contribution in [-0.2, 0) is 13.6 Å². The molecule has 0 aliphatic carbocycles. The molecular formula is C11H24O3Si. The molecule has 0 radical (unpaired) electrons. The Balaban J connectivity index is 2.36. The molecule has 0 unspecified atom stereocenters. The van der Waals surface area contributed by atoms with Crippen molar-refractivity contribution in [2.45, 2.75) is 39.8 Å². The summed E-state index contributed by atoms with van der Waals surface area (Å²) >= 11 is 0. The molecule has 1 fully saturated rings. The Morgan fingerprint density at radius 2 is 1.73 bits per heavy atom. The Labute approximate surface area is 94.4 Å². The quantitative estimate of drug-likeness (QED) is 0.631. The molecule has 1 heterocycles. The van der Waals surface area contributed by atoms with Crippen molar-refractivity contribution in [2.24, 2.45) is 5.41 Å². The van der Waals surface area contributed by atoms with E-state index in [1.54, 1.807) is 0 Å². The lowest BCUT2D eigenvalue weighted by Crippen LogP contribution is -2.44. The molecule has 0 amide bonds. The van der Waals surface area contributed by atoms with Crippen molar-refractivity contribution in [2.75, 3.05) is 26.4 Å². The van der Waals surface area contributed by atoms with E-state index in [-0.39, 0.29) is 0 Å². The third-order valence-corrected chi connectivity index (χ3v) is 5.94. The second-order valence-electron chi connectivity index (χ2n) is 4.80. The van der Waals surface area contributed by atoms with Crippen LogP contribution >= 0.6 is 0 Å². The molecular weight excluding hydrogens is 208 g/mol. The first kappa shape index (κ1) is 13.2. The molecule has 1 saturated heterocycles. The van der Waals surface area contributed by atoms with Gasteiger partial charge in [-0.1, -0.05) is 6.92 Å². The van der Waals surface area contributed by atoms with Crippen LogP contribution in [0.3, 0.4) is 0 Å². The topological polar surface area (TPSA) is 27.7 Å². The van der Waals surface area contributed by atoms with Crippen molar-refractivity contribution >= 4 is 8.56 Å². The van der Waals surface area contributed by atoms with Crippen LogP contribution in [0.2, 0.25) is 12.6 Å². The summed E-state index contributed by atoms with van der Waals surface area (Å²) in [6, 6.07) is 1.08. The van der Waals surface area contributed by atoms with Crippen molar-refractivity contribution in [1.82, 2.24) is 0 Å². The molecule has 0 aromatic heterocycles. The number of rotatable bonds is 7. The average Bonchev–Trinajstić information content (AvgIpc) is 2.13. The Hall–Kier alpha value is 0.0969. The summed E-state index contributed by atoms with van der Waals surface area (Å²) in [5.74, 6) is 0. The number of ether oxygens (including phenoxy) is 1. The minimum atomic E-state index is -1.90. The van der Waals surface area contributed by atoms with Gasteiger partial charge in [0.2, 0.25) is 0 Å². The molecule has 0 spiro atoms. The van der Waals surface area contributed by atoms with Crippen molar-refractivity contribution in [3.05, 3.63) is 0 Å². The Morgan fingerprint density at radius 3 is 2.07 bits per heavy atom. The SMILES string of the molecule is CCO[Si](C)(CCC1(C)COC1)OCC. The van der Waals surface area contributed by atoms with Crippen LogP contribution in [0.15, 0.2) is 0 Å². The molecule has 4 heteroatoms. The van der Waals surface area contributed by atoms with Gasteiger partial charge in [-0.15, -0.1) is 0 Å². The minimum absolute atomic E-state index is 0.377. The van der Waals surface area contributed by atoms with Gasteiger partial charge in [-0.25, -0.2) is 0 Å². The molecule has 1 aliphatic heterocycles. The fourth-order valence-electron chi connectivity index (χ4n) is 1.92. The molecule has 0 aromatic rings. The van der Waals surface area contributed by atoms with E-state index < -0.39 is 8.56 Å². The Kier molecular flexibility index (Phi) is 4.77. The maximum Gasteiger partial charge on any atom is 0.334 e. The average molecular weight is 232 g/mol. The predicted octanol–water partition coefficient (Wildman–Crippen LogP) is 2.56. The summed E-state index contributed by atoms with van der Waals surface area (Å²) in [6.07, 6.45) is 1.16. The Bertz CT molecular complexity index is 186. The van der Waals surface area contributed by atoms with E-state index in [9.17, 15) is 0 Å². The third-order valence-electron chi connectivity index (χ3n) is 2.98. The lowest BCUT2D eigenvalue weighted by atomic mass is 9.86. The van der Waals surface area contributed by atoms with Crippen LogP contribution in [0.5, 0.6) is 0 Å². The second kappa shape index (κ2) is 5.43. The second-order valence-corrected chi connectivity index (χ2v) is 8.15. The summed E-state index contributed by atoms with van der Waals surface area (Å²) in [5, 5.41) is 0. The molecule has 0 aromatic carbocycles. The van der Waals surface area contributed by atoms with Gasteiger partial charge in [0.25, 0.3) is 0 Å². The highest BCUT2D eigenvalue weighted by atomic mass is 28.4. The first-order valence-electron chi connectivity index (χ1n) is 5.89. The standard InChI is InChI=1S/C11H24O3Si/c1-5-13-15(4,14-6-2)8-7-11(3)9-12-10-11/h5-10H2,1-4H3. The summed E-state index contributed by atoms with van der Waals surface area (Å²) in [4.78, 5) is 0. The summed E-state index contributed by atoms with van der Waals surface area (Å²) in [7, 11) is -1.90. The molecule has 0 saturated carbocycles. The number of hydrogen-bond acceptors (Lipinski definition) is 3. The third kappa shape index (κ3) is 3.87. The van der Waals surface area contributed by atoms with E-state index in [1.807, 2.05) is 13.8 Å². The van der Waals surface area contributed by atoms with E-state index in [4.69, 9.17) is 13.6 Å². The van der Waals surface area contributed by atoms with Crippen molar-refractivity contribution in [1.29, 1.82) is 0 Å². The van der Waals surface area contributed by atoms with E-state index >= 15 is 0 Å². The lowest BCUT2D eigenvalue weighted by Gasteiger charge is -2.40. The van der Waals surface area contributed by atoms with Crippen LogP contribution in [0.4, 0.5) is 0 Å². The van der Waals surface area contributed by atoms with Crippen LogP contribution in [0, 0.1) is 5.41 Å². The molecule has 15 heavy (non-hydrogen) atoms. The van der Waals surface area contributed by atoms with Gasteiger partial charge in [-0.2, -0.15) is 0 Å². The molecule has 0 atom stereocenters. The van der Waals surface area contributed by atoms with E-state index in [1.165, 1.54) is 0 Å². The van der Waals surface area contributed by atoms with Gasteiger partial charge >= 0.3 is 8.56 Å². The predicted molar refractivity (Wildman–Crippen MR) is 63.2 cm³/mol. The Morgan fingerprint density at radius 1 is 1.20 bits per heavy atom. The molecule has 0 bridgehead atoms. The van der Waals surface area contributed by atoms with Crippen LogP contribution < -0.4 is 0 Å². The normalized spacial score (nSPS) is 20.0. The van der Waals surface area contributed by atoms with E-state index in [0.29, 0.717) is 5.41 Å². The highest BCUT2D eigenvalue weighted by Crippen LogP contribution is 2.34. The van der Waals surface area contributed by atoms with Gasteiger partial charge in [-0.3, -0.25) is 0 Å². The first-order valence-corrected chi connectivity index (χ1v) is 8.41. The zero-order valence-corrected chi connectivity index (χ0v) is 11.5. The highest BCUT2D eigenvalue weighted by molar-refractivity contribution is 6.66. The molecule has 0 N–H and O–H groups in total. The fraction of sp³-hybridized carbons (Fsp3) is 1.00. The smallest absolute Gasteiger partial charge is 0.334 e. The summed E-state index contributed by atoms with van der Waals surface area (Å²) < 4.78 is 16.9. The van der Waals surface area contributed by atoms with Gasteiger partial charge in [0, 0.05) is 18.6 Å². The van der Waals surface area contributed by atoms with Gasteiger partial charge in [0.15, 0.2) is 0 Å². The van der Waals surface area contributed by atoms with E-state index in [0.717, 1.165) is 38.9 Å². The summed E-state index contributed by atoms with van der Waals surface area (Å²) in [5.41, 5.74) is 0.377. The summed E-state index contributed by atoms with van der Waals surface area (Å²) in [6.45, 7) is 11.8.